The molecule has 1 heterocycles. The molecular weight excluding hydrogens is 244 g/mol. The maximum Gasteiger partial charge on any atom is 0.131 e. The highest BCUT2D eigenvalue weighted by molar-refractivity contribution is 6.29. The van der Waals surface area contributed by atoms with E-state index < -0.39 is 0 Å². The fourth-order valence-corrected chi connectivity index (χ4v) is 1.91. The molecule has 0 amide bonds. The van der Waals surface area contributed by atoms with Gasteiger partial charge in [0.05, 0.1) is 0 Å². The molecule has 0 bridgehead atoms. The number of aromatic nitrogens is 1. The zero-order valence-corrected chi connectivity index (χ0v) is 11.4. The van der Waals surface area contributed by atoms with Crippen LogP contribution in [0.4, 0.5) is 5.69 Å². The molecule has 3 heteroatoms. The number of nitrogens with one attached hydrogen (secondary N) is 1. The van der Waals surface area contributed by atoms with Gasteiger partial charge in [0.15, 0.2) is 0 Å². The number of pyridine rings is 1. The minimum absolute atomic E-state index is 0.509. The summed E-state index contributed by atoms with van der Waals surface area (Å²) in [5.74, 6) is 0.575. The lowest BCUT2D eigenvalue weighted by atomic mass is 10.0. The number of hydrogen-bond acceptors (Lipinski definition) is 2. The Kier molecular flexibility index (Phi) is 4.21. The largest absolute Gasteiger partial charge is 0.381 e. The van der Waals surface area contributed by atoms with Gasteiger partial charge in [-0.1, -0.05) is 49.7 Å². The minimum atomic E-state index is 0.509. The van der Waals surface area contributed by atoms with Gasteiger partial charge in [-0.2, -0.15) is 0 Å². The highest BCUT2D eigenvalue weighted by Crippen LogP contribution is 2.16. The predicted octanol–water partition coefficient (Wildman–Crippen LogP) is 4.47. The van der Waals surface area contributed by atoms with Crippen molar-refractivity contribution in [1.29, 1.82) is 0 Å². The second-order valence-corrected chi connectivity index (χ2v) is 5.00. The van der Waals surface area contributed by atoms with Crippen LogP contribution >= 0.6 is 11.6 Å². The highest BCUT2D eigenvalue weighted by atomic mass is 35.5. The molecule has 0 spiro atoms. The highest BCUT2D eigenvalue weighted by Gasteiger charge is 1.99. The van der Waals surface area contributed by atoms with Gasteiger partial charge in [0.2, 0.25) is 0 Å². The van der Waals surface area contributed by atoms with Crippen molar-refractivity contribution in [1.82, 2.24) is 4.98 Å². The molecule has 0 aliphatic carbocycles. The average Bonchev–Trinajstić information content (AvgIpc) is 2.37. The van der Waals surface area contributed by atoms with Gasteiger partial charge in [0, 0.05) is 18.4 Å². The van der Waals surface area contributed by atoms with Crippen LogP contribution in [0, 0.1) is 0 Å². The van der Waals surface area contributed by atoms with Crippen molar-refractivity contribution in [3.05, 3.63) is 58.9 Å². The van der Waals surface area contributed by atoms with E-state index in [1.54, 1.807) is 6.20 Å². The molecule has 0 saturated carbocycles. The standard InChI is InChI=1S/C15H17ClN2/c1-11(2)13-5-3-12(4-6-13)10-18-14-7-8-17-15(16)9-14/h3-9,11H,10H2,1-2H3,(H,17,18). The van der Waals surface area contributed by atoms with Gasteiger partial charge in [-0.3, -0.25) is 0 Å². The van der Waals surface area contributed by atoms with E-state index in [4.69, 9.17) is 11.6 Å². The fourth-order valence-electron chi connectivity index (χ4n) is 1.74. The Hall–Kier alpha value is -1.54. The summed E-state index contributed by atoms with van der Waals surface area (Å²) in [6.45, 7) is 5.19. The van der Waals surface area contributed by atoms with Crippen molar-refractivity contribution in [3.63, 3.8) is 0 Å². The zero-order chi connectivity index (χ0) is 13.0. The molecule has 0 aliphatic heterocycles. The number of anilines is 1. The third kappa shape index (κ3) is 3.47. The molecule has 2 aromatic rings. The van der Waals surface area contributed by atoms with Crippen LogP contribution in [0.15, 0.2) is 42.6 Å². The van der Waals surface area contributed by atoms with Crippen LogP contribution in [0.5, 0.6) is 0 Å². The summed E-state index contributed by atoms with van der Waals surface area (Å²) in [6, 6.07) is 12.4. The van der Waals surface area contributed by atoms with Gasteiger partial charge >= 0.3 is 0 Å². The summed E-state index contributed by atoms with van der Waals surface area (Å²) in [5.41, 5.74) is 3.61. The normalized spacial score (nSPS) is 10.7. The van der Waals surface area contributed by atoms with E-state index in [1.807, 2.05) is 12.1 Å². The van der Waals surface area contributed by atoms with Crippen molar-refractivity contribution in [2.24, 2.45) is 0 Å². The minimum Gasteiger partial charge on any atom is -0.381 e. The molecule has 0 fully saturated rings. The van der Waals surface area contributed by atoms with E-state index in [9.17, 15) is 0 Å². The third-order valence-electron chi connectivity index (χ3n) is 2.87. The van der Waals surface area contributed by atoms with Crippen molar-refractivity contribution in [2.45, 2.75) is 26.3 Å². The van der Waals surface area contributed by atoms with Crippen molar-refractivity contribution in [3.8, 4) is 0 Å². The van der Waals surface area contributed by atoms with Crippen LogP contribution in [-0.4, -0.2) is 4.98 Å². The van der Waals surface area contributed by atoms with E-state index in [0.717, 1.165) is 12.2 Å². The molecule has 2 rings (SSSR count). The monoisotopic (exact) mass is 260 g/mol. The number of nitrogens with zero attached hydrogens (tertiary/aromatic N) is 1. The SMILES string of the molecule is CC(C)c1ccc(CNc2ccnc(Cl)c2)cc1. The molecule has 94 valence electrons. The topological polar surface area (TPSA) is 24.9 Å². The number of hydrogen-bond donors (Lipinski definition) is 1. The lowest BCUT2D eigenvalue weighted by Crippen LogP contribution is -1.99. The van der Waals surface area contributed by atoms with Gasteiger partial charge in [-0.25, -0.2) is 4.98 Å². The van der Waals surface area contributed by atoms with Crippen LogP contribution in [-0.2, 0) is 6.54 Å². The number of benzene rings is 1. The van der Waals surface area contributed by atoms with Gasteiger partial charge in [0.1, 0.15) is 5.15 Å². The first kappa shape index (κ1) is 12.9. The number of halogens is 1. The summed E-state index contributed by atoms with van der Waals surface area (Å²) < 4.78 is 0. The van der Waals surface area contributed by atoms with Gasteiger partial charge in [0.25, 0.3) is 0 Å². The maximum atomic E-state index is 5.83. The van der Waals surface area contributed by atoms with E-state index in [0.29, 0.717) is 11.1 Å². The molecular formula is C15H17ClN2. The smallest absolute Gasteiger partial charge is 0.131 e. The molecule has 1 aromatic carbocycles. The molecule has 0 radical (unpaired) electrons. The van der Waals surface area contributed by atoms with E-state index in [1.165, 1.54) is 11.1 Å². The van der Waals surface area contributed by atoms with Gasteiger partial charge < -0.3 is 5.32 Å². The van der Waals surface area contributed by atoms with Crippen LogP contribution in [0.25, 0.3) is 0 Å². The van der Waals surface area contributed by atoms with Crippen LogP contribution < -0.4 is 5.32 Å². The quantitative estimate of drug-likeness (QED) is 0.821. The summed E-state index contributed by atoms with van der Waals surface area (Å²) >= 11 is 5.83. The first-order valence-electron chi connectivity index (χ1n) is 6.09. The summed E-state index contributed by atoms with van der Waals surface area (Å²) in [5, 5.41) is 3.84. The predicted molar refractivity (Wildman–Crippen MR) is 77.1 cm³/mol. The summed E-state index contributed by atoms with van der Waals surface area (Å²) in [7, 11) is 0. The Bertz CT molecular complexity index is 506. The molecule has 18 heavy (non-hydrogen) atoms. The second kappa shape index (κ2) is 5.87. The Morgan fingerprint density at radius 3 is 2.50 bits per heavy atom. The van der Waals surface area contributed by atoms with Gasteiger partial charge in [-0.15, -0.1) is 0 Å². The van der Waals surface area contributed by atoms with Crippen LogP contribution in [0.1, 0.15) is 30.9 Å². The second-order valence-electron chi connectivity index (χ2n) is 4.62. The Balaban J connectivity index is 1.98. The zero-order valence-electron chi connectivity index (χ0n) is 10.7. The van der Waals surface area contributed by atoms with Crippen molar-refractivity contribution < 1.29 is 0 Å². The molecule has 0 unspecified atom stereocenters. The van der Waals surface area contributed by atoms with E-state index in [2.05, 4.69) is 48.4 Å². The molecule has 0 atom stereocenters. The van der Waals surface area contributed by atoms with E-state index >= 15 is 0 Å². The lowest BCUT2D eigenvalue weighted by Gasteiger charge is -2.09. The Morgan fingerprint density at radius 2 is 1.89 bits per heavy atom. The summed E-state index contributed by atoms with van der Waals surface area (Å²) in [4.78, 5) is 3.95. The molecule has 1 N–H and O–H groups in total. The van der Waals surface area contributed by atoms with E-state index in [-0.39, 0.29) is 0 Å². The van der Waals surface area contributed by atoms with Crippen LogP contribution in [0.2, 0.25) is 5.15 Å². The van der Waals surface area contributed by atoms with Crippen molar-refractivity contribution in [2.75, 3.05) is 5.32 Å². The average molecular weight is 261 g/mol. The van der Waals surface area contributed by atoms with Gasteiger partial charge in [-0.05, 0) is 29.2 Å². The molecule has 1 aromatic heterocycles. The fraction of sp³-hybridized carbons (Fsp3) is 0.267. The molecule has 0 saturated heterocycles. The third-order valence-corrected chi connectivity index (χ3v) is 3.08. The molecule has 2 nitrogen and oxygen atoms in total. The van der Waals surface area contributed by atoms with Crippen LogP contribution in [0.3, 0.4) is 0 Å². The molecule has 0 aliphatic rings. The van der Waals surface area contributed by atoms with Crippen molar-refractivity contribution >= 4 is 17.3 Å². The first-order valence-corrected chi connectivity index (χ1v) is 6.47. The number of rotatable bonds is 4. The lowest BCUT2D eigenvalue weighted by molar-refractivity contribution is 0.865. The maximum absolute atomic E-state index is 5.83. The Labute approximate surface area is 113 Å². The Morgan fingerprint density at radius 1 is 1.17 bits per heavy atom. The first-order chi connectivity index (χ1) is 8.65. The summed E-state index contributed by atoms with van der Waals surface area (Å²) in [6.07, 6.45) is 1.70.